The van der Waals surface area contributed by atoms with Crippen LogP contribution in [-0.4, -0.2) is 61.8 Å². The normalized spacial score (nSPS) is 25.6. The molecule has 0 aliphatic carbocycles. The lowest BCUT2D eigenvalue weighted by Crippen LogP contribution is -2.82. The van der Waals surface area contributed by atoms with Crippen LogP contribution in [0.4, 0.5) is 13.2 Å². The van der Waals surface area contributed by atoms with E-state index in [1.165, 1.54) is 5.06 Å². The summed E-state index contributed by atoms with van der Waals surface area (Å²) in [7, 11) is 0. The number of tetrazole rings is 1. The van der Waals surface area contributed by atoms with Crippen molar-refractivity contribution in [1.82, 2.24) is 30.0 Å². The summed E-state index contributed by atoms with van der Waals surface area (Å²) >= 11 is 0. The molecule has 0 saturated carbocycles. The predicted octanol–water partition coefficient (Wildman–Crippen LogP) is 4.81. The molecule has 1 N–H and O–H groups in total. The number of nitrogens with zero attached hydrogens (tertiary/aromatic N) is 6. The maximum atomic E-state index is 14.5. The van der Waals surface area contributed by atoms with Gasteiger partial charge in [0, 0.05) is 24.5 Å². The second-order valence-electron chi connectivity index (χ2n) is 10.6. The molecule has 3 atom stereocenters. The van der Waals surface area contributed by atoms with Gasteiger partial charge in [0.05, 0.1) is 19.0 Å². The molecular formula is C29H30F3N6O+. The van der Waals surface area contributed by atoms with Gasteiger partial charge in [0.15, 0.2) is 0 Å². The fourth-order valence-corrected chi connectivity index (χ4v) is 7.15. The molecule has 10 heteroatoms. The number of hydrogen-bond donors (Lipinski definition) is 1. The van der Waals surface area contributed by atoms with E-state index in [1.54, 1.807) is 0 Å². The number of rotatable bonds is 6. The van der Waals surface area contributed by atoms with Crippen LogP contribution in [0.15, 0.2) is 91.0 Å². The molecule has 2 aliphatic rings. The van der Waals surface area contributed by atoms with Crippen LogP contribution in [0.3, 0.4) is 0 Å². The van der Waals surface area contributed by atoms with Crippen LogP contribution in [0.25, 0.3) is 0 Å². The Hall–Kier alpha value is -3.60. The summed E-state index contributed by atoms with van der Waals surface area (Å²) in [6.07, 6.45) is -2.99. The van der Waals surface area contributed by atoms with Crippen molar-refractivity contribution < 1.29 is 18.4 Å². The number of piperazine rings is 1. The van der Waals surface area contributed by atoms with E-state index < -0.39 is 23.6 Å². The number of hydroxylamine groups is 2. The number of halogens is 3. The van der Waals surface area contributed by atoms with Gasteiger partial charge in [-0.05, 0) is 21.9 Å². The van der Waals surface area contributed by atoms with E-state index in [4.69, 9.17) is 0 Å². The topological polar surface area (TPSA) is 67.1 Å². The van der Waals surface area contributed by atoms with Crippen molar-refractivity contribution in [2.45, 2.75) is 42.9 Å². The van der Waals surface area contributed by atoms with Gasteiger partial charge in [0.25, 0.3) is 0 Å². The van der Waals surface area contributed by atoms with E-state index in [9.17, 15) is 18.4 Å². The van der Waals surface area contributed by atoms with Crippen molar-refractivity contribution in [3.63, 3.8) is 0 Å². The number of hydrogen-bond acceptors (Lipinski definition) is 5. The highest BCUT2D eigenvalue weighted by molar-refractivity contribution is 5.38. The fraction of sp³-hybridized carbons (Fsp3) is 0.345. The number of aromatic nitrogens is 4. The molecule has 4 aromatic rings. The Morgan fingerprint density at radius 3 is 2.10 bits per heavy atom. The highest BCUT2D eigenvalue weighted by Gasteiger charge is 2.68. The third-order valence-corrected chi connectivity index (χ3v) is 8.51. The van der Waals surface area contributed by atoms with Gasteiger partial charge >= 0.3 is 12.0 Å². The average Bonchev–Trinajstić information content (AvgIpc) is 3.57. The Morgan fingerprint density at radius 1 is 0.923 bits per heavy atom. The van der Waals surface area contributed by atoms with E-state index in [0.717, 1.165) is 21.5 Å². The van der Waals surface area contributed by atoms with Crippen molar-refractivity contribution in [1.29, 1.82) is 0 Å². The number of alkyl halides is 3. The Morgan fingerprint density at radius 2 is 1.51 bits per heavy atom. The van der Waals surface area contributed by atoms with Crippen molar-refractivity contribution >= 4 is 0 Å². The first kappa shape index (κ1) is 25.7. The largest absolute Gasteiger partial charge is 0.458 e. The first-order valence-electron chi connectivity index (χ1n) is 13.2. The lowest BCUT2D eigenvalue weighted by molar-refractivity contribution is -0.210. The zero-order valence-electron chi connectivity index (χ0n) is 21.3. The molecule has 6 rings (SSSR count). The third kappa shape index (κ3) is 4.32. The van der Waals surface area contributed by atoms with Crippen molar-refractivity contribution in [2.75, 3.05) is 19.6 Å². The molecule has 1 unspecified atom stereocenters. The summed E-state index contributed by atoms with van der Waals surface area (Å²) in [5.74, 6) is -1.45. The molecule has 2 saturated heterocycles. The van der Waals surface area contributed by atoms with Crippen molar-refractivity contribution in [3.8, 4) is 0 Å². The lowest BCUT2D eigenvalue weighted by Gasteiger charge is -2.57. The van der Waals surface area contributed by atoms with Crippen molar-refractivity contribution in [3.05, 3.63) is 114 Å². The van der Waals surface area contributed by atoms with Crippen molar-refractivity contribution in [2.24, 2.45) is 0 Å². The molecule has 2 fully saturated rings. The van der Waals surface area contributed by atoms with Crippen LogP contribution in [0, 0.1) is 0 Å². The standard InChI is InChI=1S/C29H30F3N6O/c30-29(31,32)27-33-34-35-37(27)38-18-10-17-28(38,19-22-11-4-1-5-12-22)21-36(39)20-25(38)26(23-13-6-2-7-14-23)24-15-8-3-9-16-24/h1-9,11-16,25-26,39H,10,17-21H2/q+1/t25-,28-,38?/m0/s1. The fourth-order valence-electron chi connectivity index (χ4n) is 7.15. The van der Waals surface area contributed by atoms with E-state index in [1.807, 2.05) is 91.0 Å². The van der Waals surface area contributed by atoms with Crippen LogP contribution in [-0.2, 0) is 12.6 Å². The monoisotopic (exact) mass is 535 g/mol. The summed E-state index contributed by atoms with van der Waals surface area (Å²) in [5, 5.41) is 23.7. The molecular weight excluding hydrogens is 505 g/mol. The zero-order chi connectivity index (χ0) is 27.1. The van der Waals surface area contributed by atoms with Crippen LogP contribution < -0.4 is 4.59 Å². The molecule has 202 valence electrons. The van der Waals surface area contributed by atoms with Gasteiger partial charge < -0.3 is 5.21 Å². The Kier molecular flexibility index (Phi) is 6.49. The Bertz CT molecular complexity index is 1360. The first-order valence-corrected chi connectivity index (χ1v) is 13.2. The average molecular weight is 536 g/mol. The second-order valence-corrected chi connectivity index (χ2v) is 10.6. The Balaban J connectivity index is 1.63. The minimum absolute atomic E-state index is 0.116. The summed E-state index contributed by atoms with van der Waals surface area (Å²) in [6, 6.07) is 28.9. The lowest BCUT2D eigenvalue weighted by atomic mass is 9.77. The van der Waals surface area contributed by atoms with Gasteiger partial charge in [-0.25, -0.2) is 0 Å². The number of quaternary nitrogens is 1. The van der Waals surface area contributed by atoms with E-state index in [2.05, 4.69) is 15.5 Å². The molecule has 0 spiro atoms. The summed E-state index contributed by atoms with van der Waals surface area (Å²) in [6.45, 7) is 0.767. The molecule has 0 amide bonds. The van der Waals surface area contributed by atoms with Crippen LogP contribution in [0.2, 0.25) is 0 Å². The van der Waals surface area contributed by atoms with E-state index >= 15 is 0 Å². The minimum Gasteiger partial charge on any atom is -0.314 e. The van der Waals surface area contributed by atoms with Gasteiger partial charge in [0.1, 0.15) is 18.1 Å². The number of fused-ring (bicyclic) bond motifs is 1. The molecule has 1 aromatic heterocycles. The second kappa shape index (κ2) is 9.86. The third-order valence-electron chi connectivity index (χ3n) is 8.51. The summed E-state index contributed by atoms with van der Waals surface area (Å²) in [5.41, 5.74) is 2.11. The smallest absolute Gasteiger partial charge is 0.314 e. The van der Waals surface area contributed by atoms with Gasteiger partial charge in [-0.1, -0.05) is 101 Å². The summed E-state index contributed by atoms with van der Waals surface area (Å²) < 4.78 is 43.3. The quantitative estimate of drug-likeness (QED) is 0.359. The van der Waals surface area contributed by atoms with E-state index in [0.29, 0.717) is 25.8 Å². The highest BCUT2D eigenvalue weighted by Crippen LogP contribution is 2.49. The maximum absolute atomic E-state index is 14.5. The Labute approximate surface area is 224 Å². The van der Waals surface area contributed by atoms with Gasteiger partial charge in [-0.2, -0.15) is 22.8 Å². The molecule has 3 aromatic carbocycles. The molecule has 2 aliphatic heterocycles. The maximum Gasteiger partial charge on any atom is 0.458 e. The van der Waals surface area contributed by atoms with Gasteiger partial charge in [0.2, 0.25) is 0 Å². The highest BCUT2D eigenvalue weighted by atomic mass is 19.4. The molecule has 0 radical (unpaired) electrons. The van der Waals surface area contributed by atoms with Crippen LogP contribution in [0.5, 0.6) is 0 Å². The SMILES string of the molecule is ON1C[C@@H](C(c2ccccc2)c2ccccc2)[N+]2(n3nnnc3C(F)(F)F)CCC[C@]2(Cc2ccccc2)C1. The summed E-state index contributed by atoms with van der Waals surface area (Å²) in [4.78, 5) is 1.03. The van der Waals surface area contributed by atoms with Gasteiger partial charge in [-0.15, -0.1) is 0 Å². The molecule has 3 heterocycles. The first-order chi connectivity index (χ1) is 18.8. The molecule has 39 heavy (non-hydrogen) atoms. The van der Waals surface area contributed by atoms with Gasteiger partial charge in [-0.3, -0.25) is 0 Å². The predicted molar refractivity (Wildman–Crippen MR) is 139 cm³/mol. The van der Waals surface area contributed by atoms with E-state index in [-0.39, 0.29) is 23.6 Å². The minimum atomic E-state index is -4.74. The molecule has 0 bridgehead atoms. The molecule has 7 nitrogen and oxygen atoms in total. The van der Waals surface area contributed by atoms with Crippen LogP contribution in [0.1, 0.15) is 41.3 Å². The van der Waals surface area contributed by atoms with Crippen LogP contribution >= 0.6 is 0 Å². The number of benzene rings is 3. The zero-order valence-corrected chi connectivity index (χ0v) is 21.3.